The standard InChI is InChI=1S/C20H31ClN4O3/c1-4-28-16-5-9-20(3,10-6-16)24-11-7-15(8-12-24)23-17-13-14(2)22-19(21)18(17)25(26)27/h13,15-16H,4-12H2,1-3H3,(H,22,23)/t16-,20-. The number of nitro groups is 1. The number of hydrogen-bond donors (Lipinski definition) is 1. The highest BCUT2D eigenvalue weighted by Crippen LogP contribution is 2.37. The molecule has 0 radical (unpaired) electrons. The lowest BCUT2D eigenvalue weighted by Crippen LogP contribution is -2.53. The highest BCUT2D eigenvalue weighted by molar-refractivity contribution is 6.32. The van der Waals surface area contributed by atoms with Crippen LogP contribution in [0.1, 0.15) is 58.1 Å². The Morgan fingerprint density at radius 1 is 1.36 bits per heavy atom. The van der Waals surface area contributed by atoms with Crippen molar-refractivity contribution in [2.75, 3.05) is 25.0 Å². The number of piperidine rings is 1. The van der Waals surface area contributed by atoms with E-state index >= 15 is 0 Å². The summed E-state index contributed by atoms with van der Waals surface area (Å²) in [7, 11) is 0. The maximum Gasteiger partial charge on any atom is 0.329 e. The van der Waals surface area contributed by atoms with Crippen LogP contribution in [0.2, 0.25) is 5.15 Å². The quantitative estimate of drug-likeness (QED) is 0.420. The van der Waals surface area contributed by atoms with E-state index in [0.29, 0.717) is 17.5 Å². The monoisotopic (exact) mass is 410 g/mol. The first-order valence-corrected chi connectivity index (χ1v) is 10.6. The smallest absolute Gasteiger partial charge is 0.329 e. The second-order valence-electron chi connectivity index (χ2n) is 8.27. The van der Waals surface area contributed by atoms with Crippen LogP contribution in [0.4, 0.5) is 11.4 Å². The molecule has 3 rings (SSSR count). The zero-order valence-electron chi connectivity index (χ0n) is 17.0. The highest BCUT2D eigenvalue weighted by Gasteiger charge is 2.38. The summed E-state index contributed by atoms with van der Waals surface area (Å²) in [4.78, 5) is 17.6. The van der Waals surface area contributed by atoms with E-state index in [1.807, 2.05) is 0 Å². The zero-order chi connectivity index (χ0) is 20.3. The number of ether oxygens (including phenoxy) is 1. The van der Waals surface area contributed by atoms with E-state index in [4.69, 9.17) is 16.3 Å². The van der Waals surface area contributed by atoms with Gasteiger partial charge in [0.25, 0.3) is 0 Å². The van der Waals surface area contributed by atoms with Gasteiger partial charge < -0.3 is 10.1 Å². The van der Waals surface area contributed by atoms with Gasteiger partial charge in [0.1, 0.15) is 5.69 Å². The molecule has 1 aromatic heterocycles. The van der Waals surface area contributed by atoms with Crippen LogP contribution in [0.3, 0.4) is 0 Å². The maximum absolute atomic E-state index is 11.4. The number of aromatic nitrogens is 1. The van der Waals surface area contributed by atoms with Crippen LogP contribution in [-0.4, -0.2) is 52.2 Å². The maximum atomic E-state index is 11.4. The van der Waals surface area contributed by atoms with Crippen molar-refractivity contribution >= 4 is 23.0 Å². The predicted octanol–water partition coefficient (Wildman–Crippen LogP) is 4.57. The van der Waals surface area contributed by atoms with Crippen LogP contribution >= 0.6 is 11.6 Å². The number of nitrogens with one attached hydrogen (secondary N) is 1. The Hall–Kier alpha value is -1.44. The minimum absolute atomic E-state index is 0.0523. The zero-order valence-corrected chi connectivity index (χ0v) is 17.8. The molecule has 2 fully saturated rings. The summed E-state index contributed by atoms with van der Waals surface area (Å²) in [6.45, 7) is 9.02. The number of hydrogen-bond acceptors (Lipinski definition) is 6. The summed E-state index contributed by atoms with van der Waals surface area (Å²) in [5, 5.41) is 14.7. The van der Waals surface area contributed by atoms with Crippen molar-refractivity contribution in [2.24, 2.45) is 0 Å². The number of aryl methyl sites for hydroxylation is 1. The number of halogens is 1. The molecule has 156 valence electrons. The van der Waals surface area contributed by atoms with E-state index in [1.165, 1.54) is 12.8 Å². The van der Waals surface area contributed by atoms with Gasteiger partial charge in [-0.3, -0.25) is 15.0 Å². The van der Waals surface area contributed by atoms with Gasteiger partial charge in [-0.05, 0) is 65.4 Å². The Morgan fingerprint density at radius 3 is 2.57 bits per heavy atom. The van der Waals surface area contributed by atoms with Gasteiger partial charge in [-0.1, -0.05) is 11.6 Å². The number of nitrogens with zero attached hydrogens (tertiary/aromatic N) is 3. The Kier molecular flexibility index (Phi) is 6.78. The molecular formula is C20H31ClN4O3. The van der Waals surface area contributed by atoms with Gasteiger partial charge in [0.2, 0.25) is 5.15 Å². The van der Waals surface area contributed by atoms with Crippen LogP contribution in [0.15, 0.2) is 6.07 Å². The lowest BCUT2D eigenvalue weighted by molar-refractivity contribution is -0.384. The fourth-order valence-corrected chi connectivity index (χ4v) is 4.93. The van der Waals surface area contributed by atoms with Crippen molar-refractivity contribution in [3.8, 4) is 0 Å². The molecule has 2 heterocycles. The topological polar surface area (TPSA) is 80.5 Å². The molecule has 1 aliphatic carbocycles. The Morgan fingerprint density at radius 2 is 2.00 bits per heavy atom. The summed E-state index contributed by atoms with van der Waals surface area (Å²) in [6.07, 6.45) is 6.92. The van der Waals surface area contributed by atoms with Gasteiger partial charge in [0.15, 0.2) is 0 Å². The Labute approximate surface area is 171 Å². The van der Waals surface area contributed by atoms with E-state index in [1.54, 1.807) is 13.0 Å². The normalized spacial score (nSPS) is 26.9. The number of likely N-dealkylation sites (tertiary alicyclic amines) is 1. The molecule has 0 aromatic carbocycles. The molecule has 0 atom stereocenters. The first-order chi connectivity index (χ1) is 13.3. The van der Waals surface area contributed by atoms with Crippen LogP contribution in [-0.2, 0) is 4.74 Å². The molecular weight excluding hydrogens is 380 g/mol. The van der Waals surface area contributed by atoms with E-state index in [9.17, 15) is 10.1 Å². The van der Waals surface area contributed by atoms with Crippen molar-refractivity contribution in [2.45, 2.75) is 77.0 Å². The van der Waals surface area contributed by atoms with Gasteiger partial charge in [-0.25, -0.2) is 4.98 Å². The Bertz CT molecular complexity index is 699. The fraction of sp³-hybridized carbons (Fsp3) is 0.750. The number of anilines is 1. The molecule has 7 nitrogen and oxygen atoms in total. The molecule has 2 aliphatic rings. The number of pyridine rings is 1. The molecule has 1 aromatic rings. The van der Waals surface area contributed by atoms with E-state index < -0.39 is 4.92 Å². The van der Waals surface area contributed by atoms with Crippen molar-refractivity contribution in [3.05, 3.63) is 27.0 Å². The predicted molar refractivity (Wildman–Crippen MR) is 111 cm³/mol. The molecule has 0 spiro atoms. The second kappa shape index (κ2) is 8.93. The highest BCUT2D eigenvalue weighted by atomic mass is 35.5. The molecule has 28 heavy (non-hydrogen) atoms. The van der Waals surface area contributed by atoms with Crippen LogP contribution in [0.25, 0.3) is 0 Å². The minimum atomic E-state index is -0.454. The van der Waals surface area contributed by atoms with Gasteiger partial charge in [0.05, 0.1) is 11.0 Å². The van der Waals surface area contributed by atoms with Gasteiger partial charge in [-0.2, -0.15) is 0 Å². The first-order valence-electron chi connectivity index (χ1n) is 10.3. The summed E-state index contributed by atoms with van der Waals surface area (Å²) < 4.78 is 5.80. The summed E-state index contributed by atoms with van der Waals surface area (Å²) in [6, 6.07) is 1.92. The van der Waals surface area contributed by atoms with Gasteiger partial charge >= 0.3 is 5.69 Å². The van der Waals surface area contributed by atoms with Gasteiger partial charge in [-0.15, -0.1) is 0 Å². The Balaban J connectivity index is 1.59. The average Bonchev–Trinajstić information content (AvgIpc) is 2.63. The molecule has 0 amide bonds. The van der Waals surface area contributed by atoms with Crippen molar-refractivity contribution in [1.29, 1.82) is 0 Å². The van der Waals surface area contributed by atoms with E-state index in [2.05, 4.69) is 29.0 Å². The molecule has 0 bridgehead atoms. The lowest BCUT2D eigenvalue weighted by atomic mass is 9.79. The fourth-order valence-electron chi connectivity index (χ4n) is 4.63. The third-order valence-electron chi connectivity index (χ3n) is 6.29. The van der Waals surface area contributed by atoms with E-state index in [-0.39, 0.29) is 22.4 Å². The van der Waals surface area contributed by atoms with Crippen molar-refractivity contribution in [3.63, 3.8) is 0 Å². The number of rotatable bonds is 6. The molecule has 1 saturated heterocycles. The summed E-state index contributed by atoms with van der Waals surface area (Å²) in [5.41, 5.74) is 1.26. The van der Waals surface area contributed by atoms with Crippen LogP contribution in [0.5, 0.6) is 0 Å². The third kappa shape index (κ3) is 4.75. The SMILES string of the molecule is CCO[C@H]1CC[C@](C)(N2CCC(Nc3cc(C)nc(Cl)c3[N+](=O)[O-])CC2)CC1. The molecule has 1 N–H and O–H groups in total. The summed E-state index contributed by atoms with van der Waals surface area (Å²) >= 11 is 6.01. The molecule has 8 heteroatoms. The third-order valence-corrected chi connectivity index (χ3v) is 6.55. The van der Waals surface area contributed by atoms with Crippen molar-refractivity contribution < 1.29 is 9.66 Å². The molecule has 0 unspecified atom stereocenters. The van der Waals surface area contributed by atoms with Gasteiger partial charge in [0, 0.05) is 37.0 Å². The van der Waals surface area contributed by atoms with Crippen molar-refractivity contribution in [1.82, 2.24) is 9.88 Å². The minimum Gasteiger partial charge on any atom is -0.379 e. The molecule has 1 aliphatic heterocycles. The summed E-state index contributed by atoms with van der Waals surface area (Å²) in [5.74, 6) is 0. The van der Waals surface area contributed by atoms with Crippen LogP contribution < -0.4 is 5.32 Å². The lowest BCUT2D eigenvalue weighted by Gasteiger charge is -2.48. The van der Waals surface area contributed by atoms with Crippen LogP contribution in [0, 0.1) is 17.0 Å². The first kappa shape index (κ1) is 21.3. The van der Waals surface area contributed by atoms with E-state index in [0.717, 1.165) is 45.4 Å². The second-order valence-corrected chi connectivity index (χ2v) is 8.62. The average molecular weight is 411 g/mol. The largest absolute Gasteiger partial charge is 0.379 e. The molecule has 1 saturated carbocycles.